The largest absolute Gasteiger partial charge is 0.348 e. The molecule has 0 saturated heterocycles. The summed E-state index contributed by atoms with van der Waals surface area (Å²) in [7, 11) is -3.63. The number of carbonyl (C=O) groups excluding carboxylic acids is 1. The fourth-order valence-electron chi connectivity index (χ4n) is 3.51. The number of aryl methyl sites for hydroxylation is 1. The second kappa shape index (κ2) is 10.5. The molecular weight excluding hydrogens is 444 g/mol. The van der Waals surface area contributed by atoms with Gasteiger partial charge in [0.05, 0.1) is 4.90 Å². The molecule has 0 bridgehead atoms. The number of nitrogens with one attached hydrogen (secondary N) is 2. The highest BCUT2D eigenvalue weighted by Crippen LogP contribution is 2.23. The van der Waals surface area contributed by atoms with Crippen molar-refractivity contribution in [3.8, 4) is 11.1 Å². The van der Waals surface area contributed by atoms with Crippen molar-refractivity contribution in [1.82, 2.24) is 10.0 Å². The molecule has 0 aliphatic rings. The van der Waals surface area contributed by atoms with E-state index < -0.39 is 10.0 Å². The molecule has 34 heavy (non-hydrogen) atoms. The first-order valence-electron chi connectivity index (χ1n) is 11.0. The van der Waals surface area contributed by atoms with Gasteiger partial charge in [-0.15, -0.1) is 0 Å². The molecule has 4 aromatic rings. The Morgan fingerprint density at radius 3 is 2.09 bits per heavy atom. The lowest BCUT2D eigenvalue weighted by atomic mass is 10.0. The van der Waals surface area contributed by atoms with E-state index in [9.17, 15) is 13.2 Å². The summed E-state index contributed by atoms with van der Waals surface area (Å²) in [6, 6.07) is 31.3. The smallest absolute Gasteiger partial charge is 0.251 e. The van der Waals surface area contributed by atoms with Crippen LogP contribution in [0.5, 0.6) is 0 Å². The van der Waals surface area contributed by atoms with E-state index in [0.29, 0.717) is 12.1 Å². The van der Waals surface area contributed by atoms with Gasteiger partial charge in [-0.1, -0.05) is 84.4 Å². The highest BCUT2D eigenvalue weighted by atomic mass is 32.2. The molecule has 0 atom stereocenters. The SMILES string of the molecule is Cc1ccc(CNC(=O)c2cccc(-c3ccc(S(=O)(=O)NCc4ccccc4)cc3)c2)cc1. The maximum absolute atomic E-state index is 12.6. The van der Waals surface area contributed by atoms with E-state index in [1.165, 1.54) is 5.56 Å². The molecule has 0 aliphatic carbocycles. The minimum absolute atomic E-state index is 0.160. The van der Waals surface area contributed by atoms with Crippen molar-refractivity contribution in [3.05, 3.63) is 125 Å². The van der Waals surface area contributed by atoms with E-state index in [4.69, 9.17) is 0 Å². The van der Waals surface area contributed by atoms with Crippen LogP contribution in [0.1, 0.15) is 27.0 Å². The summed E-state index contributed by atoms with van der Waals surface area (Å²) in [6.45, 7) is 2.70. The van der Waals surface area contributed by atoms with Gasteiger partial charge in [0.15, 0.2) is 0 Å². The summed E-state index contributed by atoms with van der Waals surface area (Å²) in [5, 5.41) is 2.94. The molecule has 0 aliphatic heterocycles. The summed E-state index contributed by atoms with van der Waals surface area (Å²) in [4.78, 5) is 12.8. The average molecular weight is 471 g/mol. The molecule has 1 amide bonds. The van der Waals surface area contributed by atoms with Gasteiger partial charge in [0.1, 0.15) is 0 Å². The number of hydrogen-bond acceptors (Lipinski definition) is 3. The second-order valence-corrected chi connectivity index (χ2v) is 9.85. The predicted octanol–water partition coefficient (Wildman–Crippen LogP) is 5.07. The molecule has 0 heterocycles. The lowest BCUT2D eigenvalue weighted by Crippen LogP contribution is -2.23. The maximum Gasteiger partial charge on any atom is 0.251 e. The zero-order valence-corrected chi connectivity index (χ0v) is 19.7. The molecule has 172 valence electrons. The summed E-state index contributed by atoms with van der Waals surface area (Å²) >= 11 is 0. The zero-order chi connectivity index (χ0) is 24.0. The monoisotopic (exact) mass is 470 g/mol. The van der Waals surface area contributed by atoms with E-state index in [2.05, 4.69) is 10.0 Å². The van der Waals surface area contributed by atoms with E-state index >= 15 is 0 Å². The van der Waals surface area contributed by atoms with Gasteiger partial charge in [0, 0.05) is 18.7 Å². The Morgan fingerprint density at radius 2 is 1.38 bits per heavy atom. The van der Waals surface area contributed by atoms with Gasteiger partial charge in [-0.05, 0) is 53.4 Å². The lowest BCUT2D eigenvalue weighted by molar-refractivity contribution is 0.0951. The van der Waals surface area contributed by atoms with Gasteiger partial charge in [0.25, 0.3) is 5.91 Å². The molecule has 0 fully saturated rings. The Hall–Kier alpha value is -3.74. The molecule has 0 aromatic heterocycles. The number of amides is 1. The van der Waals surface area contributed by atoms with E-state index in [0.717, 1.165) is 22.3 Å². The van der Waals surface area contributed by atoms with Crippen molar-refractivity contribution in [2.24, 2.45) is 0 Å². The second-order valence-electron chi connectivity index (χ2n) is 8.08. The number of hydrogen-bond donors (Lipinski definition) is 2. The number of carbonyl (C=O) groups is 1. The van der Waals surface area contributed by atoms with E-state index in [-0.39, 0.29) is 17.3 Å². The molecular formula is C28H26N2O3S. The van der Waals surface area contributed by atoms with Gasteiger partial charge in [-0.25, -0.2) is 13.1 Å². The Labute approximate surface area is 200 Å². The third-order valence-electron chi connectivity index (χ3n) is 5.51. The standard InChI is InChI=1S/C28H26N2O3S/c1-21-10-12-23(13-11-21)19-29-28(31)26-9-5-8-25(18-26)24-14-16-27(17-15-24)34(32,33)30-20-22-6-3-2-4-7-22/h2-18,30H,19-20H2,1H3,(H,29,31). The first-order chi connectivity index (χ1) is 16.4. The highest BCUT2D eigenvalue weighted by Gasteiger charge is 2.14. The van der Waals surface area contributed by atoms with Crippen LogP contribution < -0.4 is 10.0 Å². The third kappa shape index (κ3) is 5.98. The molecule has 4 rings (SSSR count). The van der Waals surface area contributed by atoms with Crippen LogP contribution in [0, 0.1) is 6.92 Å². The van der Waals surface area contributed by atoms with Crippen LogP contribution in [0.4, 0.5) is 0 Å². The molecule has 0 unspecified atom stereocenters. The van der Waals surface area contributed by atoms with Crippen molar-refractivity contribution in [1.29, 1.82) is 0 Å². The van der Waals surface area contributed by atoms with Crippen molar-refractivity contribution in [3.63, 3.8) is 0 Å². The first-order valence-corrected chi connectivity index (χ1v) is 12.5. The van der Waals surface area contributed by atoms with Gasteiger partial charge in [-0.3, -0.25) is 4.79 Å². The van der Waals surface area contributed by atoms with Crippen molar-refractivity contribution in [2.45, 2.75) is 24.9 Å². The van der Waals surface area contributed by atoms with Crippen molar-refractivity contribution < 1.29 is 13.2 Å². The minimum atomic E-state index is -3.63. The number of rotatable bonds is 8. The fraction of sp³-hybridized carbons (Fsp3) is 0.107. The van der Waals surface area contributed by atoms with Crippen LogP contribution in [0.25, 0.3) is 11.1 Å². The van der Waals surface area contributed by atoms with Gasteiger partial charge < -0.3 is 5.32 Å². The first kappa shape index (κ1) is 23.4. The van der Waals surface area contributed by atoms with E-state index in [1.807, 2.05) is 79.7 Å². The summed E-state index contributed by atoms with van der Waals surface area (Å²) in [6.07, 6.45) is 0. The van der Waals surface area contributed by atoms with E-state index in [1.54, 1.807) is 30.3 Å². The quantitative estimate of drug-likeness (QED) is 0.378. The maximum atomic E-state index is 12.6. The Balaban J connectivity index is 1.42. The third-order valence-corrected chi connectivity index (χ3v) is 6.92. The normalized spacial score (nSPS) is 11.2. The minimum Gasteiger partial charge on any atom is -0.348 e. The summed E-state index contributed by atoms with van der Waals surface area (Å²) in [5.41, 5.74) is 5.31. The topological polar surface area (TPSA) is 75.3 Å². The lowest BCUT2D eigenvalue weighted by Gasteiger charge is -2.10. The molecule has 6 heteroatoms. The highest BCUT2D eigenvalue weighted by molar-refractivity contribution is 7.89. The molecule has 4 aromatic carbocycles. The molecule has 0 spiro atoms. The molecule has 0 saturated carbocycles. The Bertz CT molecular complexity index is 1370. The summed E-state index contributed by atoms with van der Waals surface area (Å²) in [5.74, 6) is -0.160. The zero-order valence-electron chi connectivity index (χ0n) is 18.9. The Kier molecular flexibility index (Phi) is 7.21. The van der Waals surface area contributed by atoms with Gasteiger partial charge >= 0.3 is 0 Å². The van der Waals surface area contributed by atoms with Crippen LogP contribution in [-0.2, 0) is 23.1 Å². The van der Waals surface area contributed by atoms with Crippen molar-refractivity contribution in [2.75, 3.05) is 0 Å². The Morgan fingerprint density at radius 1 is 0.706 bits per heavy atom. The molecule has 2 N–H and O–H groups in total. The average Bonchev–Trinajstić information content (AvgIpc) is 2.88. The van der Waals surface area contributed by atoms with Gasteiger partial charge in [-0.2, -0.15) is 0 Å². The number of benzene rings is 4. The predicted molar refractivity (Wildman–Crippen MR) is 135 cm³/mol. The van der Waals surface area contributed by atoms with Crippen LogP contribution in [0.15, 0.2) is 108 Å². The number of sulfonamides is 1. The molecule has 0 radical (unpaired) electrons. The summed E-state index contributed by atoms with van der Waals surface area (Å²) < 4.78 is 27.9. The van der Waals surface area contributed by atoms with Crippen LogP contribution in [-0.4, -0.2) is 14.3 Å². The molecule has 5 nitrogen and oxygen atoms in total. The van der Waals surface area contributed by atoms with Gasteiger partial charge in [0.2, 0.25) is 10.0 Å². The van der Waals surface area contributed by atoms with Crippen LogP contribution in [0.3, 0.4) is 0 Å². The van der Waals surface area contributed by atoms with Crippen LogP contribution in [0.2, 0.25) is 0 Å². The van der Waals surface area contributed by atoms with Crippen molar-refractivity contribution >= 4 is 15.9 Å². The van der Waals surface area contributed by atoms with Crippen LogP contribution >= 0.6 is 0 Å². The fourth-order valence-corrected chi connectivity index (χ4v) is 4.53.